The Bertz CT molecular complexity index is 393. The Kier molecular flexibility index (Phi) is 7.51. The Morgan fingerprint density at radius 1 is 1.25 bits per heavy atom. The molecule has 1 unspecified atom stereocenters. The summed E-state index contributed by atoms with van der Waals surface area (Å²) in [5.41, 5.74) is 8.04. The fourth-order valence-electron chi connectivity index (χ4n) is 2.07. The minimum absolute atomic E-state index is 0.109. The van der Waals surface area contributed by atoms with Crippen LogP contribution in [0.5, 0.6) is 0 Å². The fraction of sp³-hybridized carbons (Fsp3) is 0.667. The molecular formula is C15H27N3O2. The average molecular weight is 281 g/mol. The predicted molar refractivity (Wildman–Crippen MR) is 81.5 cm³/mol. The number of nitrogens with two attached hydrogens (primary N) is 1. The first-order valence-electron chi connectivity index (χ1n) is 7.32. The molecule has 1 aromatic rings. The lowest BCUT2D eigenvalue weighted by molar-refractivity contribution is -0.155. The van der Waals surface area contributed by atoms with E-state index in [1.54, 1.807) is 6.20 Å². The van der Waals surface area contributed by atoms with Crippen LogP contribution in [-0.4, -0.2) is 31.0 Å². The van der Waals surface area contributed by atoms with Gasteiger partial charge in [0.25, 0.3) is 0 Å². The summed E-state index contributed by atoms with van der Waals surface area (Å²) >= 11 is 0. The van der Waals surface area contributed by atoms with E-state index in [9.17, 15) is 0 Å². The molecule has 0 fully saturated rings. The zero-order valence-electron chi connectivity index (χ0n) is 13.0. The smallest absolute Gasteiger partial charge is 0.176 e. The largest absolute Gasteiger partial charge is 0.383 e. The summed E-state index contributed by atoms with van der Waals surface area (Å²) in [6, 6.07) is 1.93. The van der Waals surface area contributed by atoms with Gasteiger partial charge in [0, 0.05) is 25.0 Å². The number of nitrogen functional groups attached to an aromatic ring is 1. The molecule has 0 spiro atoms. The van der Waals surface area contributed by atoms with E-state index in [1.165, 1.54) is 0 Å². The van der Waals surface area contributed by atoms with Crippen molar-refractivity contribution in [1.82, 2.24) is 10.3 Å². The lowest BCUT2D eigenvalue weighted by Crippen LogP contribution is -2.37. The Balaban J connectivity index is 3.04. The van der Waals surface area contributed by atoms with Crippen LogP contribution in [0.2, 0.25) is 0 Å². The molecule has 0 saturated heterocycles. The number of nitrogens with one attached hydrogen (secondary N) is 1. The van der Waals surface area contributed by atoms with Gasteiger partial charge >= 0.3 is 0 Å². The van der Waals surface area contributed by atoms with Crippen LogP contribution in [0.3, 0.4) is 0 Å². The van der Waals surface area contributed by atoms with E-state index in [0.29, 0.717) is 19.0 Å². The first-order chi connectivity index (χ1) is 9.63. The van der Waals surface area contributed by atoms with Crippen molar-refractivity contribution < 1.29 is 9.47 Å². The highest BCUT2D eigenvalue weighted by Crippen LogP contribution is 2.25. The Hall–Kier alpha value is -1.17. The molecule has 114 valence electrons. The quantitative estimate of drug-likeness (QED) is 0.680. The molecule has 0 aliphatic heterocycles. The summed E-state index contributed by atoms with van der Waals surface area (Å²) in [5, 5.41) is 3.45. The first-order valence-corrected chi connectivity index (χ1v) is 7.32. The summed E-state index contributed by atoms with van der Waals surface area (Å²) in [4.78, 5) is 4.24. The molecule has 0 radical (unpaired) electrons. The van der Waals surface area contributed by atoms with Gasteiger partial charge in [-0.05, 0) is 45.4 Å². The highest BCUT2D eigenvalue weighted by molar-refractivity contribution is 5.43. The summed E-state index contributed by atoms with van der Waals surface area (Å²) < 4.78 is 11.4. The maximum atomic E-state index is 6.03. The molecule has 1 rings (SSSR count). The van der Waals surface area contributed by atoms with Gasteiger partial charge in [-0.25, -0.2) is 4.98 Å². The van der Waals surface area contributed by atoms with E-state index in [2.05, 4.69) is 17.2 Å². The van der Waals surface area contributed by atoms with Crippen molar-refractivity contribution in [1.29, 1.82) is 0 Å². The van der Waals surface area contributed by atoms with Crippen molar-refractivity contribution in [2.45, 2.75) is 46.4 Å². The van der Waals surface area contributed by atoms with Crippen LogP contribution >= 0.6 is 0 Å². The van der Waals surface area contributed by atoms with Crippen molar-refractivity contribution in [3.63, 3.8) is 0 Å². The van der Waals surface area contributed by atoms with Gasteiger partial charge in [0.2, 0.25) is 0 Å². The van der Waals surface area contributed by atoms with Crippen LogP contribution in [0.4, 0.5) is 5.82 Å². The van der Waals surface area contributed by atoms with Gasteiger partial charge in [-0.3, -0.25) is 0 Å². The molecule has 0 aliphatic rings. The zero-order chi connectivity index (χ0) is 15.0. The molecule has 0 aromatic carbocycles. The standard InChI is InChI=1S/C15H27N3O2/c1-5-8-17-13(15(19-6-2)20-7-3)12-9-11(4)10-18-14(12)16/h9-10,13,15,17H,5-8H2,1-4H3,(H2,16,18). The van der Waals surface area contributed by atoms with Gasteiger partial charge in [-0.1, -0.05) is 6.92 Å². The Morgan fingerprint density at radius 2 is 1.90 bits per heavy atom. The molecule has 20 heavy (non-hydrogen) atoms. The molecule has 1 aromatic heterocycles. The second-order valence-corrected chi connectivity index (χ2v) is 4.70. The fourth-order valence-corrected chi connectivity index (χ4v) is 2.07. The van der Waals surface area contributed by atoms with E-state index in [-0.39, 0.29) is 12.3 Å². The van der Waals surface area contributed by atoms with E-state index in [0.717, 1.165) is 24.1 Å². The number of anilines is 1. The number of aryl methyl sites for hydroxylation is 1. The maximum Gasteiger partial charge on any atom is 0.176 e. The van der Waals surface area contributed by atoms with Crippen LogP contribution in [-0.2, 0) is 9.47 Å². The second-order valence-electron chi connectivity index (χ2n) is 4.70. The van der Waals surface area contributed by atoms with E-state index in [1.807, 2.05) is 26.8 Å². The molecule has 1 heterocycles. The van der Waals surface area contributed by atoms with Gasteiger partial charge < -0.3 is 20.5 Å². The number of ether oxygens (including phenoxy) is 2. The van der Waals surface area contributed by atoms with Crippen molar-refractivity contribution in [3.05, 3.63) is 23.4 Å². The van der Waals surface area contributed by atoms with Gasteiger partial charge in [-0.2, -0.15) is 0 Å². The highest BCUT2D eigenvalue weighted by atomic mass is 16.7. The number of aromatic nitrogens is 1. The van der Waals surface area contributed by atoms with E-state index >= 15 is 0 Å². The molecule has 0 saturated carbocycles. The van der Waals surface area contributed by atoms with Gasteiger partial charge in [0.1, 0.15) is 5.82 Å². The Morgan fingerprint density at radius 3 is 2.45 bits per heavy atom. The first kappa shape index (κ1) is 16.9. The monoisotopic (exact) mass is 281 g/mol. The third-order valence-corrected chi connectivity index (χ3v) is 2.97. The van der Waals surface area contributed by atoms with Crippen molar-refractivity contribution in [3.8, 4) is 0 Å². The summed E-state index contributed by atoms with van der Waals surface area (Å²) in [6.45, 7) is 10.1. The van der Waals surface area contributed by atoms with Gasteiger partial charge in [-0.15, -0.1) is 0 Å². The number of hydrogen-bond acceptors (Lipinski definition) is 5. The molecule has 0 aliphatic carbocycles. The van der Waals surface area contributed by atoms with Crippen molar-refractivity contribution in [2.24, 2.45) is 0 Å². The topological polar surface area (TPSA) is 69.4 Å². The van der Waals surface area contributed by atoms with Crippen LogP contribution in [0.25, 0.3) is 0 Å². The lowest BCUT2D eigenvalue weighted by atomic mass is 10.1. The highest BCUT2D eigenvalue weighted by Gasteiger charge is 2.26. The maximum absolute atomic E-state index is 6.03. The average Bonchev–Trinajstić information content (AvgIpc) is 2.43. The summed E-state index contributed by atoms with van der Waals surface area (Å²) in [7, 11) is 0. The van der Waals surface area contributed by atoms with Crippen molar-refractivity contribution in [2.75, 3.05) is 25.5 Å². The summed E-state index contributed by atoms with van der Waals surface area (Å²) in [6.07, 6.45) is 2.44. The second kappa shape index (κ2) is 8.89. The van der Waals surface area contributed by atoms with Gasteiger partial charge in [0.05, 0.1) is 6.04 Å². The Labute approximate surface area is 121 Å². The van der Waals surface area contributed by atoms with Crippen molar-refractivity contribution >= 4 is 5.82 Å². The van der Waals surface area contributed by atoms with Crippen LogP contribution < -0.4 is 11.1 Å². The van der Waals surface area contributed by atoms with E-state index in [4.69, 9.17) is 15.2 Å². The van der Waals surface area contributed by atoms with Crippen LogP contribution in [0.15, 0.2) is 12.3 Å². The molecular weight excluding hydrogens is 254 g/mol. The SMILES string of the molecule is CCCNC(c1cc(C)cnc1N)C(OCC)OCC. The predicted octanol–water partition coefficient (Wildman–Crippen LogP) is 2.41. The molecule has 5 nitrogen and oxygen atoms in total. The number of pyridine rings is 1. The molecule has 1 atom stereocenters. The molecule has 0 amide bonds. The molecule has 0 bridgehead atoms. The zero-order valence-corrected chi connectivity index (χ0v) is 13.0. The number of hydrogen-bond donors (Lipinski definition) is 2. The number of nitrogens with zero attached hydrogens (tertiary/aromatic N) is 1. The minimum Gasteiger partial charge on any atom is -0.383 e. The van der Waals surface area contributed by atoms with E-state index < -0.39 is 0 Å². The molecule has 3 N–H and O–H groups in total. The van der Waals surface area contributed by atoms with Crippen LogP contribution in [0.1, 0.15) is 44.4 Å². The molecule has 5 heteroatoms. The van der Waals surface area contributed by atoms with Crippen LogP contribution in [0, 0.1) is 6.92 Å². The minimum atomic E-state index is -0.359. The summed E-state index contributed by atoms with van der Waals surface area (Å²) in [5.74, 6) is 0.522. The third-order valence-electron chi connectivity index (χ3n) is 2.97. The lowest BCUT2D eigenvalue weighted by Gasteiger charge is -2.28. The third kappa shape index (κ3) is 4.74. The number of rotatable bonds is 9. The normalized spacial score (nSPS) is 12.8. The van der Waals surface area contributed by atoms with Gasteiger partial charge in [0.15, 0.2) is 6.29 Å².